The van der Waals surface area contributed by atoms with E-state index in [9.17, 15) is 14.5 Å². The van der Waals surface area contributed by atoms with Crippen molar-refractivity contribution in [3.8, 4) is 0 Å². The number of benzene rings is 1. The van der Waals surface area contributed by atoms with E-state index in [0.29, 0.717) is 18.5 Å². The van der Waals surface area contributed by atoms with E-state index in [1.165, 1.54) is 12.1 Å². The van der Waals surface area contributed by atoms with Gasteiger partial charge < -0.3 is 5.73 Å². The Morgan fingerprint density at radius 1 is 1.50 bits per heavy atom. The minimum Gasteiger partial charge on any atom is -0.330 e. The van der Waals surface area contributed by atoms with Crippen molar-refractivity contribution in [3.63, 3.8) is 0 Å². The zero-order chi connectivity index (χ0) is 12.3. The lowest BCUT2D eigenvalue weighted by molar-refractivity contribution is -0.385. The second kappa shape index (κ2) is 4.57. The zero-order valence-corrected chi connectivity index (χ0v) is 9.37. The minimum atomic E-state index is -0.608. The largest absolute Gasteiger partial charge is 0.330 e. The molecule has 0 amide bonds. The van der Waals surface area contributed by atoms with Crippen molar-refractivity contribution in [3.05, 3.63) is 39.7 Å². The predicted octanol–water partition coefficient (Wildman–Crippen LogP) is 2.36. The second-order valence-corrected chi connectivity index (χ2v) is 4.34. The first-order chi connectivity index (χ1) is 7.38. The van der Waals surface area contributed by atoms with E-state index >= 15 is 0 Å². The van der Waals surface area contributed by atoms with Gasteiger partial charge in [-0.05, 0) is 30.0 Å². The Kier molecular flexibility index (Phi) is 3.59. The normalized spacial score (nSPS) is 11.5. The summed E-state index contributed by atoms with van der Waals surface area (Å²) in [5.74, 6) is -0.548. The van der Waals surface area contributed by atoms with E-state index in [2.05, 4.69) is 0 Å². The van der Waals surface area contributed by atoms with Gasteiger partial charge in [-0.15, -0.1) is 0 Å². The lowest BCUT2D eigenvalue weighted by atomic mass is 9.81. The van der Waals surface area contributed by atoms with Gasteiger partial charge >= 0.3 is 0 Å². The number of nitrogens with two attached hydrogens (primary N) is 1. The molecule has 0 aliphatic heterocycles. The third-order valence-corrected chi connectivity index (χ3v) is 2.66. The van der Waals surface area contributed by atoms with E-state index in [1.807, 2.05) is 13.8 Å². The molecule has 0 spiro atoms. The van der Waals surface area contributed by atoms with Gasteiger partial charge in [-0.25, -0.2) is 4.39 Å². The SMILES string of the molecule is CC(C)(CCN)c1ccc([N+](=O)[O-])cc1F. The summed E-state index contributed by atoms with van der Waals surface area (Å²) in [5, 5.41) is 10.5. The quantitative estimate of drug-likeness (QED) is 0.633. The summed E-state index contributed by atoms with van der Waals surface area (Å²) < 4.78 is 13.7. The standard InChI is InChI=1S/C11H15FN2O2/c1-11(2,5-6-13)9-4-3-8(14(15)16)7-10(9)12/h3-4,7H,5-6,13H2,1-2H3. The Hall–Kier alpha value is -1.49. The molecule has 0 saturated carbocycles. The summed E-state index contributed by atoms with van der Waals surface area (Å²) in [6.07, 6.45) is 0.627. The molecular formula is C11H15FN2O2. The number of nitrogens with zero attached hydrogens (tertiary/aromatic N) is 1. The summed E-state index contributed by atoms with van der Waals surface area (Å²) in [4.78, 5) is 9.85. The van der Waals surface area contributed by atoms with Crippen molar-refractivity contribution in [2.75, 3.05) is 6.54 Å². The third-order valence-electron chi connectivity index (χ3n) is 2.66. The highest BCUT2D eigenvalue weighted by atomic mass is 19.1. The Morgan fingerprint density at radius 2 is 2.12 bits per heavy atom. The summed E-state index contributed by atoms with van der Waals surface area (Å²) in [6, 6.07) is 3.73. The molecule has 0 heterocycles. The van der Waals surface area contributed by atoms with Crippen LogP contribution in [0.3, 0.4) is 0 Å². The van der Waals surface area contributed by atoms with Gasteiger partial charge in [0, 0.05) is 6.07 Å². The van der Waals surface area contributed by atoms with Crippen molar-refractivity contribution >= 4 is 5.69 Å². The van der Waals surface area contributed by atoms with Gasteiger partial charge in [0.1, 0.15) is 5.82 Å². The van der Waals surface area contributed by atoms with Crippen LogP contribution >= 0.6 is 0 Å². The van der Waals surface area contributed by atoms with Crippen LogP contribution < -0.4 is 5.73 Å². The van der Waals surface area contributed by atoms with Crippen LogP contribution in [0.25, 0.3) is 0 Å². The average molecular weight is 226 g/mol. The Bertz CT molecular complexity index is 405. The first kappa shape index (κ1) is 12.6. The van der Waals surface area contributed by atoms with Crippen molar-refractivity contribution in [1.82, 2.24) is 0 Å². The first-order valence-electron chi connectivity index (χ1n) is 5.03. The maximum atomic E-state index is 13.7. The number of hydrogen-bond donors (Lipinski definition) is 1. The van der Waals surface area contributed by atoms with Gasteiger partial charge in [0.25, 0.3) is 5.69 Å². The highest BCUT2D eigenvalue weighted by Gasteiger charge is 2.24. The lowest BCUT2D eigenvalue weighted by Crippen LogP contribution is -2.23. The van der Waals surface area contributed by atoms with Crippen molar-refractivity contribution in [2.24, 2.45) is 5.73 Å². The van der Waals surface area contributed by atoms with Gasteiger partial charge in [-0.2, -0.15) is 0 Å². The van der Waals surface area contributed by atoms with Crippen LogP contribution in [-0.4, -0.2) is 11.5 Å². The fourth-order valence-electron chi connectivity index (χ4n) is 1.66. The summed E-state index contributed by atoms with van der Waals surface area (Å²) in [5.41, 5.74) is 5.27. The number of nitro groups is 1. The van der Waals surface area contributed by atoms with E-state index in [4.69, 9.17) is 5.73 Å². The first-order valence-corrected chi connectivity index (χ1v) is 5.03. The monoisotopic (exact) mass is 226 g/mol. The number of rotatable bonds is 4. The van der Waals surface area contributed by atoms with Gasteiger partial charge in [0.05, 0.1) is 11.0 Å². The molecule has 0 radical (unpaired) electrons. The second-order valence-electron chi connectivity index (χ2n) is 4.34. The van der Waals surface area contributed by atoms with Crippen LogP contribution in [-0.2, 0) is 5.41 Å². The molecule has 0 aliphatic rings. The summed E-state index contributed by atoms with van der Waals surface area (Å²) in [7, 11) is 0. The van der Waals surface area contributed by atoms with E-state index in [-0.39, 0.29) is 5.69 Å². The van der Waals surface area contributed by atoms with Crippen LogP contribution in [0, 0.1) is 15.9 Å². The zero-order valence-electron chi connectivity index (χ0n) is 9.37. The molecule has 2 N–H and O–H groups in total. The van der Waals surface area contributed by atoms with Crippen LogP contribution in [0.1, 0.15) is 25.8 Å². The summed E-state index contributed by atoms with van der Waals surface area (Å²) in [6.45, 7) is 4.18. The number of nitro benzene ring substituents is 1. The van der Waals surface area contributed by atoms with Crippen LogP contribution in [0.5, 0.6) is 0 Å². The number of non-ortho nitro benzene ring substituents is 1. The molecule has 0 atom stereocenters. The molecular weight excluding hydrogens is 211 g/mol. The molecule has 0 fully saturated rings. The fourth-order valence-corrected chi connectivity index (χ4v) is 1.66. The van der Waals surface area contributed by atoms with Crippen molar-refractivity contribution in [2.45, 2.75) is 25.7 Å². The highest BCUT2D eigenvalue weighted by molar-refractivity contribution is 5.37. The van der Waals surface area contributed by atoms with Crippen molar-refractivity contribution in [1.29, 1.82) is 0 Å². The van der Waals surface area contributed by atoms with Crippen LogP contribution in [0.2, 0.25) is 0 Å². The molecule has 1 rings (SSSR count). The maximum absolute atomic E-state index is 13.7. The Balaban J connectivity index is 3.12. The molecule has 1 aromatic carbocycles. The smallest absolute Gasteiger partial charge is 0.272 e. The number of halogens is 1. The Labute approximate surface area is 93.4 Å². The molecule has 0 saturated heterocycles. The van der Waals surface area contributed by atoms with Gasteiger partial charge in [0.2, 0.25) is 0 Å². The van der Waals surface area contributed by atoms with Crippen LogP contribution in [0.4, 0.5) is 10.1 Å². The molecule has 0 aromatic heterocycles. The topological polar surface area (TPSA) is 69.2 Å². The van der Waals surface area contributed by atoms with Gasteiger partial charge in [0.15, 0.2) is 0 Å². The molecule has 88 valence electrons. The van der Waals surface area contributed by atoms with Gasteiger partial charge in [-0.3, -0.25) is 10.1 Å². The highest BCUT2D eigenvalue weighted by Crippen LogP contribution is 2.30. The summed E-state index contributed by atoms with van der Waals surface area (Å²) >= 11 is 0. The minimum absolute atomic E-state index is 0.232. The third kappa shape index (κ3) is 2.55. The van der Waals surface area contributed by atoms with E-state index in [0.717, 1.165) is 6.07 Å². The lowest BCUT2D eigenvalue weighted by Gasteiger charge is -2.24. The van der Waals surface area contributed by atoms with E-state index < -0.39 is 16.2 Å². The van der Waals surface area contributed by atoms with E-state index in [1.54, 1.807) is 0 Å². The fraction of sp³-hybridized carbons (Fsp3) is 0.455. The molecule has 16 heavy (non-hydrogen) atoms. The molecule has 0 unspecified atom stereocenters. The van der Waals surface area contributed by atoms with Crippen LogP contribution in [0.15, 0.2) is 18.2 Å². The molecule has 0 bridgehead atoms. The number of hydrogen-bond acceptors (Lipinski definition) is 3. The van der Waals surface area contributed by atoms with Crippen molar-refractivity contribution < 1.29 is 9.31 Å². The average Bonchev–Trinajstić information content (AvgIpc) is 2.16. The maximum Gasteiger partial charge on any atom is 0.272 e. The molecule has 4 nitrogen and oxygen atoms in total. The van der Waals surface area contributed by atoms with Gasteiger partial charge in [-0.1, -0.05) is 13.8 Å². The molecule has 0 aliphatic carbocycles. The molecule has 1 aromatic rings. The molecule has 5 heteroatoms. The predicted molar refractivity (Wildman–Crippen MR) is 59.8 cm³/mol. The Morgan fingerprint density at radius 3 is 2.56 bits per heavy atom.